The Morgan fingerprint density at radius 3 is 2.62 bits per heavy atom. The van der Waals surface area contributed by atoms with Crippen LogP contribution in [0, 0.1) is 11.7 Å². The van der Waals surface area contributed by atoms with Gasteiger partial charge in [-0.25, -0.2) is 4.39 Å². The summed E-state index contributed by atoms with van der Waals surface area (Å²) in [6, 6.07) is 6.22. The molecule has 0 aliphatic carbocycles. The maximum atomic E-state index is 13.3. The van der Waals surface area contributed by atoms with Crippen LogP contribution in [-0.4, -0.2) is 18.3 Å². The second-order valence-electron chi connectivity index (χ2n) is 4.29. The zero-order valence-electron chi connectivity index (χ0n) is 9.82. The van der Waals surface area contributed by atoms with E-state index in [-0.39, 0.29) is 12.4 Å². The molecule has 1 atom stereocenters. The molecule has 0 saturated heterocycles. The monoisotopic (exact) mass is 226 g/mol. The lowest BCUT2D eigenvalue weighted by Gasteiger charge is -2.13. The van der Waals surface area contributed by atoms with Crippen LogP contribution < -0.4 is 0 Å². The predicted molar refractivity (Wildman–Crippen MR) is 61.6 cm³/mol. The Bertz CT molecular complexity index is 313. The summed E-state index contributed by atoms with van der Waals surface area (Å²) in [4.78, 5) is 0. The van der Waals surface area contributed by atoms with E-state index >= 15 is 0 Å². The van der Waals surface area contributed by atoms with Gasteiger partial charge in [0.15, 0.2) is 0 Å². The molecule has 0 aliphatic heterocycles. The van der Waals surface area contributed by atoms with Gasteiger partial charge in [0, 0.05) is 12.2 Å². The van der Waals surface area contributed by atoms with Crippen molar-refractivity contribution in [2.75, 3.05) is 13.2 Å². The quantitative estimate of drug-likeness (QED) is 0.756. The summed E-state index contributed by atoms with van der Waals surface area (Å²) in [5.41, 5.74) is 0.298. The molecule has 0 bridgehead atoms. The predicted octanol–water partition coefficient (Wildman–Crippen LogP) is 2.92. The average molecular weight is 226 g/mol. The number of benzene rings is 1. The summed E-state index contributed by atoms with van der Waals surface area (Å²) < 4.78 is 18.6. The third kappa shape index (κ3) is 4.29. The summed E-state index contributed by atoms with van der Waals surface area (Å²) in [5, 5.41) is 9.70. The summed E-state index contributed by atoms with van der Waals surface area (Å²) >= 11 is 0. The van der Waals surface area contributed by atoms with Crippen LogP contribution in [0.2, 0.25) is 0 Å². The van der Waals surface area contributed by atoms with Gasteiger partial charge in [-0.05, 0) is 18.4 Å². The Balaban J connectivity index is 2.35. The number of ether oxygens (including phenoxy) is 1. The van der Waals surface area contributed by atoms with Crippen molar-refractivity contribution >= 4 is 0 Å². The van der Waals surface area contributed by atoms with Gasteiger partial charge in [0.05, 0.1) is 6.61 Å². The Morgan fingerprint density at radius 1 is 1.31 bits per heavy atom. The Hall–Kier alpha value is -0.930. The van der Waals surface area contributed by atoms with E-state index < -0.39 is 6.10 Å². The van der Waals surface area contributed by atoms with Gasteiger partial charge in [-0.15, -0.1) is 0 Å². The van der Waals surface area contributed by atoms with E-state index in [0.29, 0.717) is 18.1 Å². The number of halogens is 1. The maximum absolute atomic E-state index is 13.3. The molecule has 1 N–H and O–H groups in total. The molecule has 0 heterocycles. The molecule has 1 rings (SSSR count). The standard InChI is InChI=1S/C13H19FO2/c1-10(2)7-8-16-9-13(15)11-5-3-4-6-12(11)14/h3-6,10,13,15H,7-9H2,1-2H3. The second-order valence-corrected chi connectivity index (χ2v) is 4.29. The molecule has 0 spiro atoms. The van der Waals surface area contributed by atoms with E-state index in [9.17, 15) is 9.50 Å². The fraction of sp³-hybridized carbons (Fsp3) is 0.538. The summed E-state index contributed by atoms with van der Waals surface area (Å²) in [6.07, 6.45) is 0.0673. The van der Waals surface area contributed by atoms with Crippen molar-refractivity contribution in [3.63, 3.8) is 0 Å². The first kappa shape index (κ1) is 13.1. The fourth-order valence-electron chi connectivity index (χ4n) is 1.35. The molecule has 90 valence electrons. The van der Waals surface area contributed by atoms with Gasteiger partial charge in [-0.2, -0.15) is 0 Å². The molecule has 1 unspecified atom stereocenters. The lowest BCUT2D eigenvalue weighted by atomic mass is 10.1. The van der Waals surface area contributed by atoms with Gasteiger partial charge in [0.25, 0.3) is 0 Å². The van der Waals surface area contributed by atoms with E-state index in [1.165, 1.54) is 6.07 Å². The van der Waals surface area contributed by atoms with Crippen LogP contribution in [0.1, 0.15) is 31.9 Å². The van der Waals surface area contributed by atoms with Crippen molar-refractivity contribution in [3.8, 4) is 0 Å². The van der Waals surface area contributed by atoms with Crippen molar-refractivity contribution < 1.29 is 14.2 Å². The molecule has 2 nitrogen and oxygen atoms in total. The van der Waals surface area contributed by atoms with Crippen molar-refractivity contribution in [1.82, 2.24) is 0 Å². The molecule has 3 heteroatoms. The van der Waals surface area contributed by atoms with Gasteiger partial charge in [-0.1, -0.05) is 32.0 Å². The van der Waals surface area contributed by atoms with Crippen molar-refractivity contribution in [1.29, 1.82) is 0 Å². The second kappa shape index (κ2) is 6.61. The van der Waals surface area contributed by atoms with E-state index in [0.717, 1.165) is 6.42 Å². The van der Waals surface area contributed by atoms with E-state index in [4.69, 9.17) is 4.74 Å². The highest BCUT2D eigenvalue weighted by molar-refractivity contribution is 5.19. The van der Waals surface area contributed by atoms with Gasteiger partial charge in [0.2, 0.25) is 0 Å². The largest absolute Gasteiger partial charge is 0.386 e. The fourth-order valence-corrected chi connectivity index (χ4v) is 1.35. The van der Waals surface area contributed by atoms with E-state index in [2.05, 4.69) is 13.8 Å². The molecule has 0 amide bonds. The van der Waals surface area contributed by atoms with Crippen LogP contribution in [0.15, 0.2) is 24.3 Å². The van der Waals surface area contributed by atoms with Crippen LogP contribution in [0.4, 0.5) is 4.39 Å². The molecule has 16 heavy (non-hydrogen) atoms. The minimum atomic E-state index is -0.881. The number of hydrogen-bond donors (Lipinski definition) is 1. The maximum Gasteiger partial charge on any atom is 0.129 e. The Labute approximate surface area is 96.1 Å². The summed E-state index contributed by atoms with van der Waals surface area (Å²) in [5.74, 6) is 0.188. The molecule has 0 saturated carbocycles. The molecule has 0 radical (unpaired) electrons. The van der Waals surface area contributed by atoms with Crippen LogP contribution in [-0.2, 0) is 4.74 Å². The summed E-state index contributed by atoms with van der Waals surface area (Å²) in [6.45, 7) is 4.96. The third-order valence-electron chi connectivity index (χ3n) is 2.38. The number of hydrogen-bond acceptors (Lipinski definition) is 2. The molecule has 1 aromatic rings. The summed E-state index contributed by atoms with van der Waals surface area (Å²) in [7, 11) is 0. The van der Waals surface area contributed by atoms with Crippen molar-refractivity contribution in [2.45, 2.75) is 26.4 Å². The topological polar surface area (TPSA) is 29.5 Å². The normalized spacial score (nSPS) is 13.1. The lowest BCUT2D eigenvalue weighted by molar-refractivity contribution is 0.0302. The number of aliphatic hydroxyl groups excluding tert-OH is 1. The van der Waals surface area contributed by atoms with Crippen LogP contribution in [0.25, 0.3) is 0 Å². The van der Waals surface area contributed by atoms with Gasteiger partial charge in [0.1, 0.15) is 11.9 Å². The lowest BCUT2D eigenvalue weighted by Crippen LogP contribution is -2.10. The highest BCUT2D eigenvalue weighted by Crippen LogP contribution is 2.16. The zero-order valence-corrected chi connectivity index (χ0v) is 9.82. The molecular weight excluding hydrogens is 207 g/mol. The highest BCUT2D eigenvalue weighted by atomic mass is 19.1. The molecular formula is C13H19FO2. The van der Waals surface area contributed by atoms with Crippen LogP contribution in [0.3, 0.4) is 0 Å². The zero-order chi connectivity index (χ0) is 12.0. The molecule has 0 aliphatic rings. The third-order valence-corrected chi connectivity index (χ3v) is 2.38. The number of rotatable bonds is 6. The SMILES string of the molecule is CC(C)CCOCC(O)c1ccccc1F. The van der Waals surface area contributed by atoms with Crippen molar-refractivity contribution in [2.24, 2.45) is 5.92 Å². The van der Waals surface area contributed by atoms with Gasteiger partial charge >= 0.3 is 0 Å². The Morgan fingerprint density at radius 2 is 2.00 bits per heavy atom. The average Bonchev–Trinajstić information content (AvgIpc) is 2.24. The highest BCUT2D eigenvalue weighted by Gasteiger charge is 2.11. The first-order valence-electron chi connectivity index (χ1n) is 5.61. The van der Waals surface area contributed by atoms with Gasteiger partial charge in [-0.3, -0.25) is 0 Å². The smallest absolute Gasteiger partial charge is 0.129 e. The molecule has 1 aromatic carbocycles. The van der Waals surface area contributed by atoms with E-state index in [1.807, 2.05) is 0 Å². The van der Waals surface area contributed by atoms with Gasteiger partial charge < -0.3 is 9.84 Å². The minimum Gasteiger partial charge on any atom is -0.386 e. The van der Waals surface area contributed by atoms with Crippen molar-refractivity contribution in [3.05, 3.63) is 35.6 Å². The molecule has 0 aromatic heterocycles. The Kier molecular flexibility index (Phi) is 5.43. The first-order chi connectivity index (χ1) is 7.61. The number of aliphatic hydroxyl groups is 1. The minimum absolute atomic E-state index is 0.146. The van der Waals surface area contributed by atoms with Crippen LogP contribution in [0.5, 0.6) is 0 Å². The van der Waals surface area contributed by atoms with E-state index in [1.54, 1.807) is 18.2 Å². The van der Waals surface area contributed by atoms with Crippen LogP contribution >= 0.6 is 0 Å². The molecule has 0 fully saturated rings. The first-order valence-corrected chi connectivity index (χ1v) is 5.61.